The molecule has 0 aromatic carbocycles. The molecular weight excluding hydrogens is 193 g/mol. The van der Waals surface area contributed by atoms with E-state index in [4.69, 9.17) is 4.55 Å². The summed E-state index contributed by atoms with van der Waals surface area (Å²) in [6, 6.07) is 0. The van der Waals surface area contributed by atoms with E-state index in [-0.39, 0.29) is 29.6 Å². The van der Waals surface area contributed by atoms with Gasteiger partial charge < -0.3 is 5.32 Å². The predicted molar refractivity (Wildman–Crippen MR) is 47.0 cm³/mol. The fraction of sp³-hybridized carbons (Fsp3) is 0.800. The van der Waals surface area contributed by atoms with Crippen LogP contribution in [0.1, 0.15) is 20.8 Å². The van der Waals surface area contributed by atoms with Crippen molar-refractivity contribution in [1.82, 2.24) is 5.32 Å². The molecule has 0 saturated heterocycles. The van der Waals surface area contributed by atoms with Gasteiger partial charge in [-0.25, -0.2) is 0 Å². The minimum absolute atomic E-state index is 0. The van der Waals surface area contributed by atoms with Crippen molar-refractivity contribution in [3.63, 3.8) is 0 Å². The molecule has 0 atom stereocenters. The Morgan fingerprint density at radius 1 is 1.33 bits per heavy atom. The number of carbonyl (C=O) groups excluding carboxylic acids is 1. The molecule has 68 valence electrons. The molecule has 12 heavy (non-hydrogen) atoms. The first kappa shape index (κ1) is 14.9. The number of hydrogen-bond donors (Lipinski definition) is 2. The van der Waals surface area contributed by atoms with Crippen molar-refractivity contribution in [3.8, 4) is 0 Å². The van der Waals surface area contributed by atoms with Gasteiger partial charge in [0.1, 0.15) is 0 Å². The van der Waals surface area contributed by atoms with Gasteiger partial charge in [-0.05, 0) is 20.8 Å². The van der Waals surface area contributed by atoms with Crippen LogP contribution in [0.2, 0.25) is 0 Å². The van der Waals surface area contributed by atoms with Gasteiger partial charge in [0.25, 0.3) is 0 Å². The Morgan fingerprint density at radius 2 is 1.67 bits per heavy atom. The van der Waals surface area contributed by atoms with E-state index in [0.29, 0.717) is 0 Å². The molecule has 0 fully saturated rings. The number of amides is 1. The first-order valence-corrected chi connectivity index (χ1v) is 4.36. The van der Waals surface area contributed by atoms with Gasteiger partial charge in [0, 0.05) is 5.54 Å². The third kappa shape index (κ3) is 7.05. The molecule has 0 aliphatic rings. The average molecular weight is 205 g/mol. The Bertz CT molecular complexity index is 253. The summed E-state index contributed by atoms with van der Waals surface area (Å²) in [7, 11) is -4.59. The van der Waals surface area contributed by atoms with Gasteiger partial charge in [-0.2, -0.15) is 8.42 Å². The molecule has 0 saturated carbocycles. The molecule has 0 aliphatic carbocycles. The minimum atomic E-state index is -4.59. The van der Waals surface area contributed by atoms with Gasteiger partial charge >= 0.3 is 44.9 Å². The Balaban J connectivity index is 0. The molecule has 2 N–H and O–H groups in total. The third-order valence-electron chi connectivity index (χ3n) is 0.711. The zero-order valence-corrected chi connectivity index (χ0v) is 7.40. The molecule has 0 aromatic heterocycles. The summed E-state index contributed by atoms with van der Waals surface area (Å²) in [5.74, 6) is 0. The summed E-state index contributed by atoms with van der Waals surface area (Å²) < 4.78 is 28.5. The zero-order chi connectivity index (χ0) is 9.28. The molecule has 1 amide bonds. The fourth-order valence-corrected chi connectivity index (χ4v) is 0.806. The maximum absolute atomic E-state index is 10.5. The molecule has 0 spiro atoms. The summed E-state index contributed by atoms with van der Waals surface area (Å²) >= 11 is 0. The number of rotatable bonds is 0. The summed E-state index contributed by atoms with van der Waals surface area (Å²) in [6.07, 6.45) is 0. The number of nitrogens with one attached hydrogen (secondary N) is 1. The van der Waals surface area contributed by atoms with Crippen molar-refractivity contribution in [2.24, 2.45) is 0 Å². The summed E-state index contributed by atoms with van der Waals surface area (Å²) in [5, 5.41) is 0.712. The number of hydrogen-bond acceptors (Lipinski definition) is 3. The van der Waals surface area contributed by atoms with E-state index in [1.807, 2.05) is 0 Å². The van der Waals surface area contributed by atoms with Crippen LogP contribution in [0.4, 0.5) is 4.79 Å². The first-order valence-electron chi connectivity index (χ1n) is 2.92. The second-order valence-electron chi connectivity index (χ2n) is 3.14. The van der Waals surface area contributed by atoms with Crippen LogP contribution in [-0.2, 0) is 10.1 Å². The molecule has 0 aromatic rings. The molecular formula is C5H12NNaO4S. The van der Waals surface area contributed by atoms with E-state index in [0.717, 1.165) is 0 Å². The van der Waals surface area contributed by atoms with Crippen LogP contribution in [0.5, 0.6) is 0 Å². The molecule has 7 heteroatoms. The molecule has 0 rings (SSSR count). The van der Waals surface area contributed by atoms with Gasteiger partial charge in [0.05, 0.1) is 0 Å². The van der Waals surface area contributed by atoms with E-state index < -0.39 is 20.9 Å². The van der Waals surface area contributed by atoms with Crippen molar-refractivity contribution in [1.29, 1.82) is 0 Å². The van der Waals surface area contributed by atoms with Gasteiger partial charge in [0.2, 0.25) is 0 Å². The SMILES string of the molecule is CC(C)(C)NC(=O)S(=O)(=O)O.[NaH]. The topological polar surface area (TPSA) is 83.5 Å². The van der Waals surface area contributed by atoms with E-state index >= 15 is 0 Å². The van der Waals surface area contributed by atoms with Gasteiger partial charge in [-0.15, -0.1) is 0 Å². The number of carbonyl (C=O) groups is 1. The summed E-state index contributed by atoms with van der Waals surface area (Å²) in [5.41, 5.74) is -0.660. The van der Waals surface area contributed by atoms with E-state index in [1.165, 1.54) is 0 Å². The molecule has 0 bridgehead atoms. The maximum atomic E-state index is 10.5. The Hall–Kier alpha value is 0.380. The quantitative estimate of drug-likeness (QED) is 0.421. The van der Waals surface area contributed by atoms with Gasteiger partial charge in [0.15, 0.2) is 0 Å². The van der Waals surface area contributed by atoms with Crippen molar-refractivity contribution < 1.29 is 17.8 Å². The average Bonchev–Trinajstić information content (AvgIpc) is 1.56. The predicted octanol–water partition coefficient (Wildman–Crippen LogP) is -0.266. The van der Waals surface area contributed by atoms with Crippen LogP contribution in [-0.4, -0.2) is 53.3 Å². The molecule has 0 radical (unpaired) electrons. The van der Waals surface area contributed by atoms with Crippen LogP contribution in [0.3, 0.4) is 0 Å². The van der Waals surface area contributed by atoms with E-state index in [1.54, 1.807) is 20.8 Å². The van der Waals surface area contributed by atoms with Crippen LogP contribution in [0.25, 0.3) is 0 Å². The zero-order valence-electron chi connectivity index (χ0n) is 6.58. The Morgan fingerprint density at radius 3 is 1.75 bits per heavy atom. The van der Waals surface area contributed by atoms with Crippen molar-refractivity contribution >= 4 is 44.9 Å². The molecule has 5 nitrogen and oxygen atoms in total. The van der Waals surface area contributed by atoms with Crippen molar-refractivity contribution in [3.05, 3.63) is 0 Å². The fourth-order valence-electron chi connectivity index (χ4n) is 0.371. The van der Waals surface area contributed by atoms with Gasteiger partial charge in [-0.3, -0.25) is 9.35 Å². The van der Waals surface area contributed by atoms with Crippen LogP contribution >= 0.6 is 0 Å². The molecule has 0 heterocycles. The van der Waals surface area contributed by atoms with Crippen LogP contribution in [0.15, 0.2) is 0 Å². The second-order valence-corrected chi connectivity index (χ2v) is 4.46. The van der Waals surface area contributed by atoms with Crippen LogP contribution in [0, 0.1) is 0 Å². The monoisotopic (exact) mass is 205 g/mol. The Labute approximate surface area is 94.0 Å². The summed E-state index contributed by atoms with van der Waals surface area (Å²) in [6.45, 7) is 4.82. The van der Waals surface area contributed by atoms with E-state index in [2.05, 4.69) is 5.32 Å². The standard InChI is InChI=1S/C5H11NO4S.Na.H/c1-5(2,3)6-4(7)11(8,9)10;;/h1-3H3,(H,6,7)(H,8,9,10);;. The molecule has 0 unspecified atom stereocenters. The van der Waals surface area contributed by atoms with Crippen molar-refractivity contribution in [2.45, 2.75) is 26.3 Å². The van der Waals surface area contributed by atoms with Gasteiger partial charge in [-0.1, -0.05) is 0 Å². The normalized spacial score (nSPS) is 11.7. The van der Waals surface area contributed by atoms with Crippen LogP contribution < -0.4 is 5.32 Å². The summed E-state index contributed by atoms with van der Waals surface area (Å²) in [4.78, 5) is 10.5. The van der Waals surface area contributed by atoms with Crippen molar-refractivity contribution in [2.75, 3.05) is 0 Å². The third-order valence-corrected chi connectivity index (χ3v) is 1.28. The molecule has 0 aliphatic heterocycles. The second kappa shape index (κ2) is 4.57. The van der Waals surface area contributed by atoms with E-state index in [9.17, 15) is 13.2 Å². The first-order chi connectivity index (χ1) is 4.63. The Kier molecular flexibility index (Phi) is 5.67.